The van der Waals surface area contributed by atoms with Gasteiger partial charge >= 0.3 is 5.97 Å². The Bertz CT molecular complexity index is 424. The van der Waals surface area contributed by atoms with Crippen molar-refractivity contribution in [2.24, 2.45) is 10.9 Å². The highest BCUT2D eigenvalue weighted by molar-refractivity contribution is 6.23. The third-order valence-corrected chi connectivity index (χ3v) is 2.77. The molecule has 0 aliphatic heterocycles. The van der Waals surface area contributed by atoms with Crippen LogP contribution in [0.3, 0.4) is 0 Å². The number of hydrogen-bond acceptors (Lipinski definition) is 3. The van der Waals surface area contributed by atoms with Crippen LogP contribution in [-0.2, 0) is 9.53 Å². The average Bonchev–Trinajstić information content (AvgIpc) is 2.31. The molecule has 0 bridgehead atoms. The summed E-state index contributed by atoms with van der Waals surface area (Å²) in [4.78, 5) is 15.7. The van der Waals surface area contributed by atoms with Crippen LogP contribution in [0.15, 0.2) is 29.3 Å². The molecule has 0 unspecified atom stereocenters. The standard InChI is InChI=1S/C15H21NO2/c1-5-18-14(17)10-16-15(11(2)3)13-9-7-6-8-12(13)4/h6-11,15H,5H2,1-4H3/t15-/m0/s1. The number of hydrogen-bond donors (Lipinski definition) is 0. The Hall–Kier alpha value is -1.64. The molecule has 0 saturated heterocycles. The van der Waals surface area contributed by atoms with Gasteiger partial charge in [-0.3, -0.25) is 4.99 Å². The molecule has 0 aromatic heterocycles. The van der Waals surface area contributed by atoms with Crippen molar-refractivity contribution in [1.29, 1.82) is 0 Å². The largest absolute Gasteiger partial charge is 0.462 e. The highest BCUT2D eigenvalue weighted by Crippen LogP contribution is 2.27. The molecule has 1 rings (SSSR count). The number of aliphatic imine (C=N–C) groups is 1. The van der Waals surface area contributed by atoms with Crippen molar-refractivity contribution in [1.82, 2.24) is 0 Å². The van der Waals surface area contributed by atoms with Crippen LogP contribution in [0.2, 0.25) is 0 Å². The number of rotatable bonds is 5. The van der Waals surface area contributed by atoms with E-state index in [1.807, 2.05) is 12.1 Å². The van der Waals surface area contributed by atoms with E-state index >= 15 is 0 Å². The molecule has 1 atom stereocenters. The van der Waals surface area contributed by atoms with Crippen molar-refractivity contribution in [2.75, 3.05) is 6.61 Å². The van der Waals surface area contributed by atoms with Crippen molar-refractivity contribution in [3.63, 3.8) is 0 Å². The first-order valence-corrected chi connectivity index (χ1v) is 6.31. The van der Waals surface area contributed by atoms with Gasteiger partial charge in [-0.15, -0.1) is 0 Å². The van der Waals surface area contributed by atoms with E-state index < -0.39 is 0 Å². The maximum atomic E-state index is 11.3. The Kier molecular flexibility index (Phi) is 5.56. The molecule has 98 valence electrons. The maximum Gasteiger partial charge on any atom is 0.348 e. The summed E-state index contributed by atoms with van der Waals surface area (Å²) in [6, 6.07) is 8.12. The van der Waals surface area contributed by atoms with Crippen molar-refractivity contribution in [3.8, 4) is 0 Å². The van der Waals surface area contributed by atoms with E-state index in [1.54, 1.807) is 6.92 Å². The fourth-order valence-electron chi connectivity index (χ4n) is 1.85. The van der Waals surface area contributed by atoms with Gasteiger partial charge in [0.1, 0.15) is 6.21 Å². The fourth-order valence-corrected chi connectivity index (χ4v) is 1.85. The average molecular weight is 247 g/mol. The van der Waals surface area contributed by atoms with Gasteiger partial charge < -0.3 is 4.74 Å². The Balaban J connectivity index is 2.91. The van der Waals surface area contributed by atoms with E-state index in [0.717, 1.165) is 5.56 Å². The molecule has 0 aliphatic rings. The van der Waals surface area contributed by atoms with E-state index in [2.05, 4.69) is 37.9 Å². The zero-order valence-corrected chi connectivity index (χ0v) is 11.5. The van der Waals surface area contributed by atoms with E-state index in [1.165, 1.54) is 11.8 Å². The lowest BCUT2D eigenvalue weighted by Crippen LogP contribution is -2.10. The topological polar surface area (TPSA) is 38.7 Å². The Morgan fingerprint density at radius 3 is 2.61 bits per heavy atom. The summed E-state index contributed by atoms with van der Waals surface area (Å²) in [6.07, 6.45) is 1.29. The quantitative estimate of drug-likeness (QED) is 0.591. The summed E-state index contributed by atoms with van der Waals surface area (Å²) in [7, 11) is 0. The normalized spacial score (nSPS) is 12.9. The van der Waals surface area contributed by atoms with Gasteiger partial charge in [-0.05, 0) is 30.9 Å². The minimum absolute atomic E-state index is 0.00407. The van der Waals surface area contributed by atoms with Crippen molar-refractivity contribution < 1.29 is 9.53 Å². The lowest BCUT2D eigenvalue weighted by atomic mass is 9.93. The summed E-state index contributed by atoms with van der Waals surface area (Å²) < 4.78 is 4.85. The second-order valence-corrected chi connectivity index (χ2v) is 4.58. The zero-order chi connectivity index (χ0) is 13.5. The van der Waals surface area contributed by atoms with Crippen LogP contribution < -0.4 is 0 Å². The lowest BCUT2D eigenvalue weighted by Gasteiger charge is -2.18. The molecule has 0 fully saturated rings. The lowest BCUT2D eigenvalue weighted by molar-refractivity contribution is -0.134. The highest BCUT2D eigenvalue weighted by Gasteiger charge is 2.16. The molecule has 0 N–H and O–H groups in total. The minimum atomic E-state index is -0.378. The van der Waals surface area contributed by atoms with Gasteiger partial charge in [-0.2, -0.15) is 0 Å². The van der Waals surface area contributed by atoms with Gasteiger partial charge in [0.25, 0.3) is 0 Å². The van der Waals surface area contributed by atoms with Crippen LogP contribution in [0, 0.1) is 12.8 Å². The van der Waals surface area contributed by atoms with Gasteiger partial charge in [0.2, 0.25) is 0 Å². The monoisotopic (exact) mass is 247 g/mol. The number of carbonyl (C=O) groups excluding carboxylic acids is 1. The Morgan fingerprint density at radius 2 is 2.06 bits per heavy atom. The number of nitrogens with zero attached hydrogens (tertiary/aromatic N) is 1. The Morgan fingerprint density at radius 1 is 1.39 bits per heavy atom. The second kappa shape index (κ2) is 6.94. The van der Waals surface area contributed by atoms with Crippen LogP contribution in [0.25, 0.3) is 0 Å². The first kappa shape index (κ1) is 14.4. The van der Waals surface area contributed by atoms with Crippen LogP contribution in [0.4, 0.5) is 0 Å². The number of aryl methyl sites for hydroxylation is 1. The van der Waals surface area contributed by atoms with Crippen LogP contribution in [-0.4, -0.2) is 18.8 Å². The number of carbonyl (C=O) groups is 1. The van der Waals surface area contributed by atoms with Gasteiger partial charge in [0, 0.05) is 0 Å². The third kappa shape index (κ3) is 3.99. The molecule has 0 aliphatic carbocycles. The Labute approximate surface area is 109 Å². The smallest absolute Gasteiger partial charge is 0.348 e. The molecule has 3 heteroatoms. The third-order valence-electron chi connectivity index (χ3n) is 2.77. The number of esters is 1. The fraction of sp³-hybridized carbons (Fsp3) is 0.467. The molecule has 3 nitrogen and oxygen atoms in total. The molecule has 18 heavy (non-hydrogen) atoms. The van der Waals surface area contributed by atoms with Gasteiger partial charge in [0.05, 0.1) is 12.6 Å². The summed E-state index contributed by atoms with van der Waals surface area (Å²) in [6.45, 7) is 8.42. The zero-order valence-electron chi connectivity index (χ0n) is 11.5. The molecule has 0 heterocycles. The molecular weight excluding hydrogens is 226 g/mol. The minimum Gasteiger partial charge on any atom is -0.462 e. The molecule has 0 spiro atoms. The van der Waals surface area contributed by atoms with Crippen LogP contribution in [0.1, 0.15) is 37.9 Å². The van der Waals surface area contributed by atoms with Crippen LogP contribution in [0.5, 0.6) is 0 Å². The first-order valence-electron chi connectivity index (χ1n) is 6.31. The van der Waals surface area contributed by atoms with Crippen molar-refractivity contribution in [2.45, 2.75) is 33.7 Å². The van der Waals surface area contributed by atoms with Gasteiger partial charge in [-0.1, -0.05) is 38.1 Å². The number of benzene rings is 1. The summed E-state index contributed by atoms with van der Waals surface area (Å²) in [5.74, 6) is -0.0477. The second-order valence-electron chi connectivity index (χ2n) is 4.58. The summed E-state index contributed by atoms with van der Waals surface area (Å²) >= 11 is 0. The van der Waals surface area contributed by atoms with Crippen LogP contribution >= 0.6 is 0 Å². The van der Waals surface area contributed by atoms with E-state index in [-0.39, 0.29) is 12.0 Å². The number of ether oxygens (including phenoxy) is 1. The van der Waals surface area contributed by atoms with Crippen molar-refractivity contribution >= 4 is 12.2 Å². The maximum absolute atomic E-state index is 11.3. The highest BCUT2D eigenvalue weighted by atomic mass is 16.5. The molecule has 0 radical (unpaired) electrons. The molecule has 1 aromatic rings. The predicted octanol–water partition coefficient (Wildman–Crippen LogP) is 3.33. The van der Waals surface area contributed by atoms with E-state index in [0.29, 0.717) is 12.5 Å². The SMILES string of the molecule is CCOC(=O)C=N[C@H](c1ccccc1C)C(C)C. The summed E-state index contributed by atoms with van der Waals surface area (Å²) in [5, 5.41) is 0. The predicted molar refractivity (Wildman–Crippen MR) is 73.9 cm³/mol. The molecule has 0 saturated carbocycles. The van der Waals surface area contributed by atoms with Gasteiger partial charge in [0.15, 0.2) is 0 Å². The van der Waals surface area contributed by atoms with E-state index in [4.69, 9.17) is 4.74 Å². The molecule has 0 amide bonds. The first-order chi connectivity index (χ1) is 8.56. The summed E-state index contributed by atoms with van der Waals surface area (Å²) in [5.41, 5.74) is 2.35. The van der Waals surface area contributed by atoms with Gasteiger partial charge in [-0.25, -0.2) is 4.79 Å². The van der Waals surface area contributed by atoms with Crippen molar-refractivity contribution in [3.05, 3.63) is 35.4 Å². The molecular formula is C15H21NO2. The van der Waals surface area contributed by atoms with E-state index in [9.17, 15) is 4.79 Å². The molecule has 1 aromatic carbocycles.